The van der Waals surface area contributed by atoms with Crippen LogP contribution in [0.3, 0.4) is 0 Å². The predicted molar refractivity (Wildman–Crippen MR) is 81.9 cm³/mol. The van der Waals surface area contributed by atoms with Crippen molar-refractivity contribution in [3.63, 3.8) is 0 Å². The minimum atomic E-state index is -2.85. The largest absolute Gasteiger partial charge is 0.497 e. The van der Waals surface area contributed by atoms with E-state index in [-0.39, 0.29) is 18.3 Å². The lowest BCUT2D eigenvalue weighted by Crippen LogP contribution is -2.28. The molecular weight excluding hydrogens is 306 g/mol. The van der Waals surface area contributed by atoms with Gasteiger partial charge in [0.25, 0.3) is 0 Å². The lowest BCUT2D eigenvalue weighted by Gasteiger charge is -2.09. The van der Waals surface area contributed by atoms with Gasteiger partial charge in [0.2, 0.25) is 0 Å². The molecule has 2 aromatic rings. The molecule has 5 nitrogen and oxygen atoms in total. The minimum absolute atomic E-state index is 0.0737. The van der Waals surface area contributed by atoms with Crippen LogP contribution in [0.15, 0.2) is 48.5 Å². The van der Waals surface area contributed by atoms with Gasteiger partial charge in [0.05, 0.1) is 7.11 Å². The van der Waals surface area contributed by atoms with E-state index in [1.807, 2.05) is 0 Å². The number of carbonyl (C=O) groups excluding carboxylic acids is 1. The van der Waals surface area contributed by atoms with Gasteiger partial charge in [-0.2, -0.15) is 8.78 Å². The van der Waals surface area contributed by atoms with E-state index < -0.39 is 6.61 Å². The van der Waals surface area contributed by atoms with E-state index in [0.717, 1.165) is 5.56 Å². The summed E-state index contributed by atoms with van der Waals surface area (Å²) in [6, 6.07) is 12.6. The van der Waals surface area contributed by atoms with Gasteiger partial charge < -0.3 is 20.1 Å². The first kappa shape index (κ1) is 16.5. The Kier molecular flexibility index (Phi) is 5.74. The van der Waals surface area contributed by atoms with E-state index in [9.17, 15) is 13.6 Å². The summed E-state index contributed by atoms with van der Waals surface area (Å²) in [4.78, 5) is 11.8. The Labute approximate surface area is 132 Å². The first-order valence-electron chi connectivity index (χ1n) is 6.79. The summed E-state index contributed by atoms with van der Waals surface area (Å²) in [6.45, 7) is -2.60. The Balaban J connectivity index is 1.84. The molecular formula is C16H16F2N2O3. The predicted octanol–water partition coefficient (Wildman–Crippen LogP) is 3.62. The third-order valence-corrected chi connectivity index (χ3v) is 2.93. The maximum Gasteiger partial charge on any atom is 0.387 e. The van der Waals surface area contributed by atoms with E-state index in [2.05, 4.69) is 15.4 Å². The van der Waals surface area contributed by atoms with Gasteiger partial charge in [-0.25, -0.2) is 4.79 Å². The molecule has 0 aliphatic heterocycles. The van der Waals surface area contributed by atoms with E-state index >= 15 is 0 Å². The van der Waals surface area contributed by atoms with Crippen LogP contribution in [0.25, 0.3) is 0 Å². The number of methoxy groups -OCH3 is 1. The number of urea groups is 1. The van der Waals surface area contributed by atoms with Crippen molar-refractivity contribution in [3.05, 3.63) is 54.1 Å². The smallest absolute Gasteiger partial charge is 0.387 e. The zero-order valence-corrected chi connectivity index (χ0v) is 12.4. The van der Waals surface area contributed by atoms with Crippen LogP contribution in [-0.2, 0) is 6.54 Å². The first-order valence-corrected chi connectivity index (χ1v) is 6.79. The van der Waals surface area contributed by atoms with Crippen LogP contribution in [0.4, 0.5) is 19.3 Å². The van der Waals surface area contributed by atoms with Crippen LogP contribution in [0.2, 0.25) is 0 Å². The molecule has 23 heavy (non-hydrogen) atoms. The molecule has 0 aliphatic rings. The number of benzene rings is 2. The number of hydrogen-bond donors (Lipinski definition) is 2. The lowest BCUT2D eigenvalue weighted by molar-refractivity contribution is -0.0498. The second-order valence-electron chi connectivity index (χ2n) is 4.56. The summed E-state index contributed by atoms with van der Waals surface area (Å²) in [5.74, 6) is 0.710. The van der Waals surface area contributed by atoms with Crippen molar-refractivity contribution in [1.82, 2.24) is 5.32 Å². The van der Waals surface area contributed by atoms with Crippen molar-refractivity contribution in [2.24, 2.45) is 0 Å². The zero-order valence-electron chi connectivity index (χ0n) is 12.4. The summed E-state index contributed by atoms with van der Waals surface area (Å²) >= 11 is 0. The van der Waals surface area contributed by atoms with Crippen molar-refractivity contribution in [2.75, 3.05) is 12.4 Å². The monoisotopic (exact) mass is 322 g/mol. The number of anilines is 1. The second-order valence-corrected chi connectivity index (χ2v) is 4.56. The topological polar surface area (TPSA) is 59.6 Å². The maximum absolute atomic E-state index is 12.0. The molecule has 7 heteroatoms. The molecule has 0 atom stereocenters. The molecule has 0 fully saturated rings. The van der Waals surface area contributed by atoms with Crippen LogP contribution in [-0.4, -0.2) is 19.8 Å². The standard InChI is InChI=1S/C16H16F2N2O3/c1-22-14-4-2-3-12(9-14)20-16(21)19-10-11-5-7-13(8-6-11)23-15(17)18/h2-9,15H,10H2,1H3,(H2,19,20,21). The minimum Gasteiger partial charge on any atom is -0.497 e. The number of hydrogen-bond acceptors (Lipinski definition) is 3. The van der Waals surface area contributed by atoms with E-state index in [4.69, 9.17) is 4.74 Å². The normalized spacial score (nSPS) is 10.3. The molecule has 0 saturated carbocycles. The Morgan fingerprint density at radius 1 is 1.13 bits per heavy atom. The van der Waals surface area contributed by atoms with Gasteiger partial charge >= 0.3 is 12.6 Å². The average molecular weight is 322 g/mol. The molecule has 0 bridgehead atoms. The molecule has 0 aliphatic carbocycles. The van der Waals surface area contributed by atoms with Crippen LogP contribution < -0.4 is 20.1 Å². The third-order valence-electron chi connectivity index (χ3n) is 2.93. The summed E-state index contributed by atoms with van der Waals surface area (Å²) in [5, 5.41) is 5.34. The van der Waals surface area contributed by atoms with Crippen molar-refractivity contribution in [1.29, 1.82) is 0 Å². The van der Waals surface area contributed by atoms with E-state index in [0.29, 0.717) is 11.4 Å². The van der Waals surface area contributed by atoms with Crippen LogP contribution >= 0.6 is 0 Å². The fraction of sp³-hybridized carbons (Fsp3) is 0.188. The number of ether oxygens (including phenoxy) is 2. The van der Waals surface area contributed by atoms with Gasteiger partial charge in [0, 0.05) is 18.3 Å². The average Bonchev–Trinajstić information content (AvgIpc) is 2.54. The number of carbonyl (C=O) groups is 1. The maximum atomic E-state index is 12.0. The molecule has 2 rings (SSSR count). The highest BCUT2D eigenvalue weighted by molar-refractivity contribution is 5.89. The van der Waals surface area contributed by atoms with Gasteiger partial charge in [0.15, 0.2) is 0 Å². The number of halogens is 2. The number of alkyl halides is 2. The van der Waals surface area contributed by atoms with Crippen LogP contribution in [0.5, 0.6) is 11.5 Å². The summed E-state index contributed by atoms with van der Waals surface area (Å²) < 4.78 is 33.4. The SMILES string of the molecule is COc1cccc(NC(=O)NCc2ccc(OC(F)F)cc2)c1. The van der Waals surface area contributed by atoms with E-state index in [1.165, 1.54) is 12.1 Å². The van der Waals surface area contributed by atoms with E-state index in [1.54, 1.807) is 43.5 Å². The Morgan fingerprint density at radius 2 is 1.87 bits per heavy atom. The van der Waals surface area contributed by atoms with Crippen molar-refractivity contribution in [2.45, 2.75) is 13.2 Å². The van der Waals surface area contributed by atoms with Gasteiger partial charge in [-0.3, -0.25) is 0 Å². The fourth-order valence-corrected chi connectivity index (χ4v) is 1.85. The zero-order chi connectivity index (χ0) is 16.7. The number of nitrogens with one attached hydrogen (secondary N) is 2. The van der Waals surface area contributed by atoms with Crippen molar-refractivity contribution in [3.8, 4) is 11.5 Å². The van der Waals surface area contributed by atoms with Crippen LogP contribution in [0.1, 0.15) is 5.56 Å². The number of amides is 2. The molecule has 0 aromatic heterocycles. The molecule has 0 unspecified atom stereocenters. The molecule has 0 spiro atoms. The molecule has 2 aromatic carbocycles. The Hall–Kier alpha value is -2.83. The molecule has 2 N–H and O–H groups in total. The second kappa shape index (κ2) is 7.98. The van der Waals surface area contributed by atoms with Crippen molar-refractivity contribution >= 4 is 11.7 Å². The van der Waals surface area contributed by atoms with Crippen LogP contribution in [0, 0.1) is 0 Å². The summed E-state index contributed by atoms with van der Waals surface area (Å²) in [6.07, 6.45) is 0. The highest BCUT2D eigenvalue weighted by Crippen LogP contribution is 2.17. The molecule has 2 amide bonds. The molecule has 0 heterocycles. The first-order chi connectivity index (χ1) is 11.1. The number of rotatable bonds is 6. The quantitative estimate of drug-likeness (QED) is 0.854. The van der Waals surface area contributed by atoms with Crippen molar-refractivity contribution < 1.29 is 23.0 Å². The Morgan fingerprint density at radius 3 is 2.52 bits per heavy atom. The van der Waals surface area contributed by atoms with Gasteiger partial charge in [-0.1, -0.05) is 18.2 Å². The molecule has 122 valence electrons. The summed E-state index contributed by atoms with van der Waals surface area (Å²) in [7, 11) is 1.54. The third kappa shape index (κ3) is 5.46. The molecule has 0 radical (unpaired) electrons. The van der Waals surface area contributed by atoms with Gasteiger partial charge in [-0.05, 0) is 29.8 Å². The molecule has 0 saturated heterocycles. The Bertz CT molecular complexity index is 648. The highest BCUT2D eigenvalue weighted by atomic mass is 19.3. The lowest BCUT2D eigenvalue weighted by atomic mass is 10.2. The summed E-state index contributed by atoms with van der Waals surface area (Å²) in [5.41, 5.74) is 1.36. The highest BCUT2D eigenvalue weighted by Gasteiger charge is 2.05. The fourth-order valence-electron chi connectivity index (χ4n) is 1.85. The van der Waals surface area contributed by atoms with Gasteiger partial charge in [-0.15, -0.1) is 0 Å². The van der Waals surface area contributed by atoms with Gasteiger partial charge in [0.1, 0.15) is 11.5 Å².